The van der Waals surface area contributed by atoms with E-state index in [2.05, 4.69) is 34.2 Å². The molecule has 1 heterocycles. The van der Waals surface area contributed by atoms with Crippen LogP contribution in [0.4, 0.5) is 5.69 Å². The first kappa shape index (κ1) is 21.5. The van der Waals surface area contributed by atoms with Crippen LogP contribution in [0.1, 0.15) is 11.4 Å². The molecule has 0 aliphatic heterocycles. The lowest BCUT2D eigenvalue weighted by Crippen LogP contribution is -2.14. The summed E-state index contributed by atoms with van der Waals surface area (Å²) in [4.78, 5) is 12.2. The third-order valence-electron chi connectivity index (χ3n) is 3.89. The Kier molecular flexibility index (Phi) is 8.22. The van der Waals surface area contributed by atoms with Crippen LogP contribution in [0.3, 0.4) is 0 Å². The molecule has 0 bridgehead atoms. The molecule has 8 heteroatoms. The number of aromatic nitrogens is 3. The largest absolute Gasteiger partial charge is 0.325 e. The average molecular weight is 445 g/mol. The number of allylic oxidation sites excluding steroid dienone is 1. The third kappa shape index (κ3) is 6.66. The highest BCUT2D eigenvalue weighted by molar-refractivity contribution is 7.99. The van der Waals surface area contributed by atoms with Crippen molar-refractivity contribution in [3.63, 3.8) is 0 Å². The Hall–Kier alpha value is -2.22. The van der Waals surface area contributed by atoms with E-state index >= 15 is 0 Å². The molecule has 0 saturated carbocycles. The molecule has 0 radical (unpaired) electrons. The smallest absolute Gasteiger partial charge is 0.234 e. The summed E-state index contributed by atoms with van der Waals surface area (Å²) in [5.74, 6) is 2.64. The highest BCUT2D eigenvalue weighted by Gasteiger charge is 2.14. The molecular weight excluding hydrogens is 424 g/mol. The van der Waals surface area contributed by atoms with Crippen LogP contribution in [-0.2, 0) is 22.8 Å². The quantitative estimate of drug-likeness (QED) is 0.340. The van der Waals surface area contributed by atoms with Crippen LogP contribution < -0.4 is 5.32 Å². The maximum absolute atomic E-state index is 12.2. The number of amides is 1. The molecular formula is C21H21ClN4OS2. The van der Waals surface area contributed by atoms with E-state index in [1.54, 1.807) is 36.0 Å². The molecule has 0 aliphatic carbocycles. The fourth-order valence-electron chi connectivity index (χ4n) is 2.57. The summed E-state index contributed by atoms with van der Waals surface area (Å²) in [6.07, 6.45) is 1.81. The normalized spacial score (nSPS) is 10.7. The zero-order valence-corrected chi connectivity index (χ0v) is 18.1. The molecule has 1 aromatic heterocycles. The molecule has 0 aliphatic rings. The number of rotatable bonds is 10. The van der Waals surface area contributed by atoms with E-state index in [0.717, 1.165) is 17.3 Å². The van der Waals surface area contributed by atoms with Gasteiger partial charge in [0.25, 0.3) is 0 Å². The van der Waals surface area contributed by atoms with Crippen molar-refractivity contribution in [2.75, 3.05) is 11.1 Å². The monoisotopic (exact) mass is 444 g/mol. The minimum absolute atomic E-state index is 0.120. The number of anilines is 1. The number of halogens is 1. The van der Waals surface area contributed by atoms with Gasteiger partial charge in [-0.2, -0.15) is 0 Å². The molecule has 1 amide bonds. The predicted octanol–water partition coefficient (Wildman–Crippen LogP) is 5.28. The number of benzene rings is 2. The van der Waals surface area contributed by atoms with E-state index < -0.39 is 0 Å². The molecule has 0 spiro atoms. The van der Waals surface area contributed by atoms with Crippen molar-refractivity contribution in [1.29, 1.82) is 0 Å². The summed E-state index contributed by atoms with van der Waals surface area (Å²) in [5, 5.41) is 12.7. The van der Waals surface area contributed by atoms with Gasteiger partial charge in [-0.05, 0) is 23.8 Å². The van der Waals surface area contributed by atoms with Crippen LogP contribution in [0.25, 0.3) is 0 Å². The molecule has 5 nitrogen and oxygen atoms in total. The van der Waals surface area contributed by atoms with E-state index in [0.29, 0.717) is 22.4 Å². The van der Waals surface area contributed by atoms with Crippen molar-refractivity contribution in [3.05, 3.63) is 83.7 Å². The summed E-state index contributed by atoms with van der Waals surface area (Å²) < 4.78 is 2.00. The first-order chi connectivity index (χ1) is 14.2. The van der Waals surface area contributed by atoms with Crippen LogP contribution >= 0.6 is 35.1 Å². The second-order valence-corrected chi connectivity index (χ2v) is 8.49. The van der Waals surface area contributed by atoms with E-state index in [9.17, 15) is 4.79 Å². The zero-order valence-electron chi connectivity index (χ0n) is 15.8. The lowest BCUT2D eigenvalue weighted by molar-refractivity contribution is -0.113. The maximum Gasteiger partial charge on any atom is 0.234 e. The van der Waals surface area contributed by atoms with Gasteiger partial charge in [-0.25, -0.2) is 0 Å². The van der Waals surface area contributed by atoms with Gasteiger partial charge in [-0.15, -0.1) is 28.5 Å². The van der Waals surface area contributed by atoms with E-state index in [1.807, 2.05) is 28.8 Å². The highest BCUT2D eigenvalue weighted by Crippen LogP contribution is 2.22. The second kappa shape index (κ2) is 11.1. The van der Waals surface area contributed by atoms with E-state index in [1.165, 1.54) is 17.3 Å². The van der Waals surface area contributed by atoms with E-state index in [-0.39, 0.29) is 11.7 Å². The fraction of sp³-hybridized carbons (Fsp3) is 0.190. The predicted molar refractivity (Wildman–Crippen MR) is 122 cm³/mol. The zero-order chi connectivity index (χ0) is 20.5. The number of nitrogens with zero attached hydrogens (tertiary/aromatic N) is 3. The fourth-order valence-corrected chi connectivity index (χ4v) is 4.46. The molecule has 1 N–H and O–H groups in total. The van der Waals surface area contributed by atoms with Crippen molar-refractivity contribution in [2.45, 2.75) is 23.2 Å². The molecule has 29 heavy (non-hydrogen) atoms. The Balaban J connectivity index is 1.56. The highest BCUT2D eigenvalue weighted by atomic mass is 35.5. The van der Waals surface area contributed by atoms with Gasteiger partial charge in [0.15, 0.2) is 5.16 Å². The Morgan fingerprint density at radius 1 is 1.14 bits per heavy atom. The van der Waals surface area contributed by atoms with Crippen LogP contribution in [0.5, 0.6) is 0 Å². The molecule has 3 rings (SSSR count). The summed E-state index contributed by atoms with van der Waals surface area (Å²) in [6, 6.07) is 17.4. The van der Waals surface area contributed by atoms with Crippen LogP contribution in [-0.4, -0.2) is 26.4 Å². The van der Waals surface area contributed by atoms with Crippen molar-refractivity contribution in [3.8, 4) is 0 Å². The van der Waals surface area contributed by atoms with Crippen molar-refractivity contribution in [2.24, 2.45) is 0 Å². The molecule has 0 unspecified atom stereocenters. The summed E-state index contributed by atoms with van der Waals surface area (Å²) in [5.41, 5.74) is 1.95. The number of hydrogen-bond acceptors (Lipinski definition) is 5. The number of carbonyl (C=O) groups excluding carboxylic acids is 1. The standard InChI is InChI=1S/C21H21ClN4OS2/c1-2-11-26-19(14-28-13-16-7-4-3-5-8-16)24-25-21(26)29-15-20(27)23-18-10-6-9-17(22)12-18/h2-10,12H,1,11,13-15H2,(H,23,27). The van der Waals surface area contributed by atoms with Crippen LogP contribution in [0.2, 0.25) is 5.02 Å². The van der Waals surface area contributed by atoms with E-state index in [4.69, 9.17) is 11.6 Å². The van der Waals surface area contributed by atoms with Gasteiger partial charge in [-0.1, -0.05) is 65.8 Å². The minimum Gasteiger partial charge on any atom is -0.325 e. The van der Waals surface area contributed by atoms with Crippen molar-refractivity contribution in [1.82, 2.24) is 14.8 Å². The molecule has 150 valence electrons. The second-order valence-electron chi connectivity index (χ2n) is 6.12. The van der Waals surface area contributed by atoms with Crippen LogP contribution in [0, 0.1) is 0 Å². The number of hydrogen-bond donors (Lipinski definition) is 1. The van der Waals surface area contributed by atoms with Gasteiger partial charge >= 0.3 is 0 Å². The first-order valence-electron chi connectivity index (χ1n) is 8.98. The molecule has 2 aromatic carbocycles. The minimum atomic E-state index is -0.120. The van der Waals surface area contributed by atoms with Gasteiger partial charge in [0.1, 0.15) is 5.82 Å². The third-order valence-corrected chi connectivity index (χ3v) is 6.09. The molecule has 0 saturated heterocycles. The number of thioether (sulfide) groups is 2. The van der Waals surface area contributed by atoms with Crippen molar-refractivity contribution < 1.29 is 4.79 Å². The van der Waals surface area contributed by atoms with Crippen molar-refractivity contribution >= 4 is 46.7 Å². The lowest BCUT2D eigenvalue weighted by Gasteiger charge is -2.08. The topological polar surface area (TPSA) is 59.8 Å². The maximum atomic E-state index is 12.2. The summed E-state index contributed by atoms with van der Waals surface area (Å²) in [6.45, 7) is 4.42. The molecule has 0 fully saturated rings. The number of carbonyl (C=O) groups is 1. The Morgan fingerprint density at radius 2 is 1.97 bits per heavy atom. The Morgan fingerprint density at radius 3 is 2.72 bits per heavy atom. The SMILES string of the molecule is C=CCn1c(CSCc2ccccc2)nnc1SCC(=O)Nc1cccc(Cl)c1. The molecule has 3 aromatic rings. The van der Waals surface area contributed by atoms with Gasteiger partial charge < -0.3 is 9.88 Å². The average Bonchev–Trinajstić information content (AvgIpc) is 3.09. The number of nitrogens with one attached hydrogen (secondary N) is 1. The van der Waals surface area contributed by atoms with Gasteiger partial charge in [0.05, 0.1) is 11.5 Å². The van der Waals surface area contributed by atoms with Gasteiger partial charge in [-0.3, -0.25) is 4.79 Å². The van der Waals surface area contributed by atoms with Crippen LogP contribution in [0.15, 0.2) is 72.4 Å². The van der Waals surface area contributed by atoms with Gasteiger partial charge in [0.2, 0.25) is 5.91 Å². The Labute approximate surface area is 183 Å². The van der Waals surface area contributed by atoms with Gasteiger partial charge in [0, 0.05) is 23.0 Å². The molecule has 0 atom stereocenters. The Bertz CT molecular complexity index is 962. The lowest BCUT2D eigenvalue weighted by atomic mass is 10.2. The summed E-state index contributed by atoms with van der Waals surface area (Å²) in [7, 11) is 0. The summed E-state index contributed by atoms with van der Waals surface area (Å²) >= 11 is 9.09. The first-order valence-corrected chi connectivity index (χ1v) is 11.5.